The van der Waals surface area contributed by atoms with E-state index in [4.69, 9.17) is 4.74 Å². The first kappa shape index (κ1) is 14.2. The number of anilines is 1. The fraction of sp³-hybridized carbons (Fsp3) is 0.429. The first-order chi connectivity index (χ1) is 9.56. The van der Waals surface area contributed by atoms with Gasteiger partial charge in [-0.3, -0.25) is 19.3 Å². The number of Topliss-reactive ketones (excluding diaryl/α,β-unsaturated/α-hetero) is 1. The van der Waals surface area contributed by atoms with Crippen LogP contribution < -0.4 is 4.90 Å². The molecule has 0 fully saturated rings. The van der Waals surface area contributed by atoms with Crippen molar-refractivity contribution < 1.29 is 19.1 Å². The summed E-state index contributed by atoms with van der Waals surface area (Å²) in [6, 6.07) is 3.20. The van der Waals surface area contributed by atoms with E-state index in [0.29, 0.717) is 11.4 Å². The third kappa shape index (κ3) is 2.54. The van der Waals surface area contributed by atoms with Crippen molar-refractivity contribution in [2.24, 2.45) is 5.92 Å². The number of ketones is 1. The van der Waals surface area contributed by atoms with Crippen LogP contribution in [0.5, 0.6) is 0 Å². The van der Waals surface area contributed by atoms with Gasteiger partial charge >= 0.3 is 5.97 Å². The van der Waals surface area contributed by atoms with Gasteiger partial charge in [0, 0.05) is 19.7 Å². The molecule has 0 bridgehead atoms. The Morgan fingerprint density at radius 2 is 2.25 bits per heavy atom. The molecule has 1 unspecified atom stereocenters. The standard InChI is InChI=1S/C14H16N2O4/c1-3-20-14(19)11-6-8-16(9(2)17)13-10(12(11)18)5-4-7-15-13/h4-5,7,11H,3,6,8H2,1-2H3. The van der Waals surface area contributed by atoms with E-state index in [0.717, 1.165) is 0 Å². The molecule has 0 N–H and O–H groups in total. The van der Waals surface area contributed by atoms with Crippen LogP contribution in [0.25, 0.3) is 0 Å². The van der Waals surface area contributed by atoms with Gasteiger partial charge in [0.15, 0.2) is 5.78 Å². The van der Waals surface area contributed by atoms with Crippen molar-refractivity contribution in [3.05, 3.63) is 23.9 Å². The molecule has 0 saturated heterocycles. The Kier molecular flexibility index (Phi) is 4.12. The predicted octanol–water partition coefficient (Wildman–Crippen LogP) is 1.20. The van der Waals surface area contributed by atoms with Crippen LogP contribution in [0.4, 0.5) is 5.82 Å². The highest BCUT2D eigenvalue weighted by Gasteiger charge is 2.36. The van der Waals surface area contributed by atoms with Crippen molar-refractivity contribution in [1.29, 1.82) is 0 Å². The number of hydrogen-bond donors (Lipinski definition) is 0. The van der Waals surface area contributed by atoms with Crippen LogP contribution in [0.2, 0.25) is 0 Å². The van der Waals surface area contributed by atoms with E-state index in [1.54, 1.807) is 19.1 Å². The SMILES string of the molecule is CCOC(=O)C1CCN(C(C)=O)c2ncccc2C1=O. The zero-order valence-corrected chi connectivity index (χ0v) is 11.5. The lowest BCUT2D eigenvalue weighted by Gasteiger charge is -2.18. The Morgan fingerprint density at radius 3 is 2.90 bits per heavy atom. The molecule has 0 radical (unpaired) electrons. The average Bonchev–Trinajstić information content (AvgIpc) is 2.57. The molecular formula is C14H16N2O4. The molecule has 1 aromatic rings. The summed E-state index contributed by atoms with van der Waals surface area (Å²) < 4.78 is 4.93. The van der Waals surface area contributed by atoms with E-state index in [1.807, 2.05) is 0 Å². The summed E-state index contributed by atoms with van der Waals surface area (Å²) in [6.07, 6.45) is 1.76. The van der Waals surface area contributed by atoms with E-state index >= 15 is 0 Å². The third-order valence-corrected chi connectivity index (χ3v) is 3.22. The van der Waals surface area contributed by atoms with Crippen LogP contribution in [0.15, 0.2) is 18.3 Å². The highest BCUT2D eigenvalue weighted by Crippen LogP contribution is 2.27. The molecule has 1 amide bonds. The van der Waals surface area contributed by atoms with Gasteiger partial charge in [0.25, 0.3) is 0 Å². The molecule has 1 aliphatic rings. The van der Waals surface area contributed by atoms with Crippen molar-refractivity contribution in [3.8, 4) is 0 Å². The van der Waals surface area contributed by atoms with Gasteiger partial charge in [-0.05, 0) is 25.5 Å². The highest BCUT2D eigenvalue weighted by atomic mass is 16.5. The van der Waals surface area contributed by atoms with Crippen LogP contribution in [0.1, 0.15) is 30.6 Å². The molecule has 0 spiro atoms. The van der Waals surface area contributed by atoms with Gasteiger partial charge in [-0.1, -0.05) is 0 Å². The summed E-state index contributed by atoms with van der Waals surface area (Å²) in [5.41, 5.74) is 0.290. The fourth-order valence-electron chi connectivity index (χ4n) is 2.26. The summed E-state index contributed by atoms with van der Waals surface area (Å²) >= 11 is 0. The number of pyridine rings is 1. The van der Waals surface area contributed by atoms with Gasteiger partial charge in [0.2, 0.25) is 5.91 Å². The average molecular weight is 276 g/mol. The quantitative estimate of drug-likeness (QED) is 0.599. The van der Waals surface area contributed by atoms with Crippen molar-refractivity contribution in [3.63, 3.8) is 0 Å². The van der Waals surface area contributed by atoms with E-state index in [2.05, 4.69) is 4.98 Å². The lowest BCUT2D eigenvalue weighted by Crippen LogP contribution is -2.31. The first-order valence-electron chi connectivity index (χ1n) is 6.50. The van der Waals surface area contributed by atoms with E-state index in [1.165, 1.54) is 18.0 Å². The van der Waals surface area contributed by atoms with E-state index < -0.39 is 11.9 Å². The van der Waals surface area contributed by atoms with Crippen LogP contribution in [0.3, 0.4) is 0 Å². The Morgan fingerprint density at radius 1 is 1.50 bits per heavy atom. The molecule has 1 aromatic heterocycles. The maximum Gasteiger partial charge on any atom is 0.316 e. The maximum atomic E-state index is 12.4. The Hall–Kier alpha value is -2.24. The minimum Gasteiger partial charge on any atom is -0.465 e. The maximum absolute atomic E-state index is 12.4. The van der Waals surface area contributed by atoms with Crippen LogP contribution in [-0.2, 0) is 14.3 Å². The zero-order chi connectivity index (χ0) is 14.7. The second kappa shape index (κ2) is 5.81. The number of esters is 1. The van der Waals surface area contributed by atoms with Crippen molar-refractivity contribution in [1.82, 2.24) is 4.98 Å². The molecule has 20 heavy (non-hydrogen) atoms. The molecule has 0 aliphatic carbocycles. The Labute approximate surface area is 116 Å². The molecule has 0 aromatic carbocycles. The van der Waals surface area contributed by atoms with Crippen molar-refractivity contribution in [2.75, 3.05) is 18.1 Å². The number of aromatic nitrogens is 1. The molecule has 2 rings (SSSR count). The smallest absolute Gasteiger partial charge is 0.316 e. The van der Waals surface area contributed by atoms with Gasteiger partial charge in [0.1, 0.15) is 11.7 Å². The molecule has 1 atom stereocenters. The summed E-state index contributed by atoms with van der Waals surface area (Å²) in [5, 5.41) is 0. The number of carbonyl (C=O) groups is 3. The second-order valence-electron chi connectivity index (χ2n) is 4.50. The summed E-state index contributed by atoms with van der Waals surface area (Å²) in [5.74, 6) is -1.64. The van der Waals surface area contributed by atoms with Crippen molar-refractivity contribution >= 4 is 23.5 Å². The number of nitrogens with zero attached hydrogens (tertiary/aromatic N) is 2. The topological polar surface area (TPSA) is 76.6 Å². The monoisotopic (exact) mass is 276 g/mol. The zero-order valence-electron chi connectivity index (χ0n) is 11.5. The number of carbonyl (C=O) groups excluding carboxylic acids is 3. The van der Waals surface area contributed by atoms with E-state index in [9.17, 15) is 14.4 Å². The number of rotatable bonds is 2. The second-order valence-corrected chi connectivity index (χ2v) is 4.50. The number of hydrogen-bond acceptors (Lipinski definition) is 5. The summed E-state index contributed by atoms with van der Waals surface area (Å²) in [7, 11) is 0. The molecule has 106 valence electrons. The Balaban J connectivity index is 2.42. The van der Waals surface area contributed by atoms with Gasteiger partial charge < -0.3 is 4.74 Å². The molecule has 6 heteroatoms. The summed E-state index contributed by atoms with van der Waals surface area (Å²) in [4.78, 5) is 41.5. The van der Waals surface area contributed by atoms with Crippen LogP contribution in [-0.4, -0.2) is 35.8 Å². The number of ether oxygens (including phenoxy) is 1. The minimum absolute atomic E-state index is 0.206. The predicted molar refractivity (Wildman–Crippen MR) is 71.3 cm³/mol. The molecule has 2 heterocycles. The van der Waals surface area contributed by atoms with E-state index in [-0.39, 0.29) is 31.3 Å². The highest BCUT2D eigenvalue weighted by molar-refractivity contribution is 6.13. The molecule has 0 saturated carbocycles. The number of amides is 1. The number of fused-ring (bicyclic) bond motifs is 1. The van der Waals surface area contributed by atoms with Crippen molar-refractivity contribution in [2.45, 2.75) is 20.3 Å². The van der Waals surface area contributed by atoms with Gasteiger partial charge in [-0.2, -0.15) is 0 Å². The van der Waals surface area contributed by atoms with Gasteiger partial charge in [-0.15, -0.1) is 0 Å². The Bertz CT molecular complexity index is 556. The molecule has 6 nitrogen and oxygen atoms in total. The molecule has 1 aliphatic heterocycles. The largest absolute Gasteiger partial charge is 0.465 e. The minimum atomic E-state index is -0.873. The van der Waals surface area contributed by atoms with Crippen LogP contribution in [0, 0.1) is 5.92 Å². The summed E-state index contributed by atoms with van der Waals surface area (Å²) in [6.45, 7) is 3.59. The first-order valence-corrected chi connectivity index (χ1v) is 6.50. The third-order valence-electron chi connectivity index (χ3n) is 3.22. The fourth-order valence-corrected chi connectivity index (χ4v) is 2.26. The lowest BCUT2D eigenvalue weighted by molar-refractivity contribution is -0.146. The van der Waals surface area contributed by atoms with Crippen LogP contribution >= 0.6 is 0 Å². The van der Waals surface area contributed by atoms with Gasteiger partial charge in [0.05, 0.1) is 12.2 Å². The van der Waals surface area contributed by atoms with Gasteiger partial charge in [-0.25, -0.2) is 4.98 Å². The molecular weight excluding hydrogens is 260 g/mol. The lowest BCUT2D eigenvalue weighted by atomic mass is 9.96. The normalized spacial score (nSPS) is 18.2.